The maximum Gasteiger partial charge on any atom is 0.107 e. The van der Waals surface area contributed by atoms with Crippen LogP contribution in [0.5, 0.6) is 0 Å². The molecule has 4 heteroatoms. The van der Waals surface area contributed by atoms with E-state index in [0.717, 1.165) is 14.9 Å². The molecule has 2 aromatic rings. The molecule has 0 saturated carbocycles. The van der Waals surface area contributed by atoms with Gasteiger partial charge in [-0.05, 0) is 38.5 Å². The fourth-order valence-corrected chi connectivity index (χ4v) is 3.71. The minimum absolute atomic E-state index is 0.156. The van der Waals surface area contributed by atoms with Crippen LogP contribution in [0.25, 0.3) is 0 Å². The maximum absolute atomic E-state index is 10.3. The van der Waals surface area contributed by atoms with E-state index in [1.54, 1.807) is 0 Å². The van der Waals surface area contributed by atoms with Crippen molar-refractivity contribution in [3.8, 4) is 0 Å². The molecule has 0 bridgehead atoms. The summed E-state index contributed by atoms with van der Waals surface area (Å²) in [6.07, 6.45) is 0.0949. The van der Waals surface area contributed by atoms with Crippen molar-refractivity contribution in [1.29, 1.82) is 0 Å². The zero-order valence-corrected chi connectivity index (χ0v) is 14.9. The monoisotopic (exact) mass is 372 g/mol. The first-order valence-corrected chi connectivity index (χ1v) is 8.48. The van der Waals surface area contributed by atoms with E-state index in [1.807, 2.05) is 6.07 Å². The molecular weight excluding hydrogens is 356 g/mol. The van der Waals surface area contributed by atoms with Crippen molar-refractivity contribution in [3.63, 3.8) is 0 Å². The first kappa shape index (κ1) is 16.0. The molecule has 0 amide bonds. The van der Waals surface area contributed by atoms with Gasteiger partial charge < -0.3 is 5.11 Å². The molecule has 1 unspecified atom stereocenters. The van der Waals surface area contributed by atoms with Crippen LogP contribution in [0.2, 0.25) is 4.34 Å². The van der Waals surface area contributed by atoms with Crippen molar-refractivity contribution >= 4 is 38.9 Å². The van der Waals surface area contributed by atoms with Gasteiger partial charge in [0.05, 0.1) is 6.10 Å². The highest BCUT2D eigenvalue weighted by Crippen LogP contribution is 2.36. The molecule has 108 valence electrons. The molecule has 0 fully saturated rings. The second-order valence-corrected chi connectivity index (χ2v) is 8.48. The molecule has 1 heterocycles. The predicted octanol–water partition coefficient (Wildman–Crippen LogP) is 5.74. The summed E-state index contributed by atoms with van der Waals surface area (Å²) in [7, 11) is 0. The number of benzene rings is 1. The van der Waals surface area contributed by atoms with E-state index in [0.29, 0.717) is 10.8 Å². The fraction of sp³-hybridized carbons (Fsp3) is 0.375. The Hall–Kier alpha value is -0.350. The van der Waals surface area contributed by atoms with E-state index in [9.17, 15) is 5.11 Å². The van der Waals surface area contributed by atoms with Gasteiger partial charge in [0.1, 0.15) is 4.34 Å². The lowest BCUT2D eigenvalue weighted by Gasteiger charge is -2.19. The first-order valence-electron chi connectivity index (χ1n) is 6.49. The summed E-state index contributed by atoms with van der Waals surface area (Å²) < 4.78 is 1.53. The van der Waals surface area contributed by atoms with Gasteiger partial charge in [0.25, 0.3) is 0 Å². The summed E-state index contributed by atoms with van der Waals surface area (Å²) in [5.74, 6) is 0. The van der Waals surface area contributed by atoms with Crippen LogP contribution in [0.15, 0.2) is 34.8 Å². The number of hydrogen-bond donors (Lipinski definition) is 1. The average Bonchev–Trinajstić information content (AvgIpc) is 2.69. The largest absolute Gasteiger partial charge is 0.387 e. The Kier molecular flexibility index (Phi) is 4.96. The Balaban J connectivity index is 2.10. The summed E-state index contributed by atoms with van der Waals surface area (Å²) in [6.45, 7) is 6.59. The van der Waals surface area contributed by atoms with E-state index >= 15 is 0 Å². The van der Waals surface area contributed by atoms with Crippen LogP contribution in [-0.4, -0.2) is 5.11 Å². The molecule has 1 N–H and O–H groups in total. The highest BCUT2D eigenvalue weighted by atomic mass is 79.9. The number of thiophene rings is 1. The topological polar surface area (TPSA) is 20.2 Å². The van der Waals surface area contributed by atoms with Crippen LogP contribution in [0.1, 0.15) is 42.9 Å². The highest BCUT2D eigenvalue weighted by Gasteiger charge is 2.16. The molecule has 1 aromatic heterocycles. The van der Waals surface area contributed by atoms with E-state index in [1.165, 1.54) is 16.9 Å². The Morgan fingerprint density at radius 2 is 1.85 bits per heavy atom. The summed E-state index contributed by atoms with van der Waals surface area (Å²) >= 11 is 10.8. The summed E-state index contributed by atoms with van der Waals surface area (Å²) in [4.78, 5) is 0.891. The lowest BCUT2D eigenvalue weighted by atomic mass is 9.86. The van der Waals surface area contributed by atoms with Gasteiger partial charge in [-0.15, -0.1) is 11.3 Å². The summed E-state index contributed by atoms with van der Waals surface area (Å²) in [5, 5.41) is 10.3. The highest BCUT2D eigenvalue weighted by molar-refractivity contribution is 9.10. The fourth-order valence-electron chi connectivity index (χ4n) is 1.99. The molecule has 0 aliphatic heterocycles. The normalized spacial score (nSPS) is 13.5. The Bertz CT molecular complexity index is 564. The van der Waals surface area contributed by atoms with Crippen molar-refractivity contribution in [3.05, 3.63) is 55.1 Å². The van der Waals surface area contributed by atoms with E-state index < -0.39 is 6.10 Å². The molecular formula is C16H18BrClOS. The number of hydrogen-bond acceptors (Lipinski definition) is 2. The maximum atomic E-state index is 10.3. The van der Waals surface area contributed by atoms with Crippen LogP contribution < -0.4 is 0 Å². The molecule has 1 nitrogen and oxygen atoms in total. The molecule has 20 heavy (non-hydrogen) atoms. The van der Waals surface area contributed by atoms with E-state index in [-0.39, 0.29) is 5.41 Å². The molecule has 1 atom stereocenters. The molecule has 0 radical (unpaired) electrons. The smallest absolute Gasteiger partial charge is 0.107 e. The van der Waals surface area contributed by atoms with Gasteiger partial charge in [-0.3, -0.25) is 0 Å². The molecule has 1 aromatic carbocycles. The minimum atomic E-state index is -0.510. The van der Waals surface area contributed by atoms with Crippen molar-refractivity contribution < 1.29 is 5.11 Å². The van der Waals surface area contributed by atoms with E-state index in [2.05, 4.69) is 61.0 Å². The summed E-state index contributed by atoms with van der Waals surface area (Å²) in [5.41, 5.74) is 2.59. The number of rotatable bonds is 3. The lowest BCUT2D eigenvalue weighted by Crippen LogP contribution is -2.11. The quantitative estimate of drug-likeness (QED) is 0.727. The zero-order chi connectivity index (χ0) is 14.9. The van der Waals surface area contributed by atoms with Crippen LogP contribution >= 0.6 is 38.9 Å². The zero-order valence-electron chi connectivity index (χ0n) is 11.8. The van der Waals surface area contributed by atoms with Crippen LogP contribution in [0.4, 0.5) is 0 Å². The number of halogens is 2. The molecule has 0 saturated heterocycles. The molecule has 0 spiro atoms. The third kappa shape index (κ3) is 3.85. The van der Waals surface area contributed by atoms with Gasteiger partial charge in [0.15, 0.2) is 0 Å². The van der Waals surface area contributed by atoms with Crippen LogP contribution in [-0.2, 0) is 11.8 Å². The molecule has 2 rings (SSSR count). The van der Waals surface area contributed by atoms with Crippen molar-refractivity contribution in [2.45, 2.75) is 38.7 Å². The minimum Gasteiger partial charge on any atom is -0.387 e. The van der Waals surface area contributed by atoms with Crippen molar-refractivity contribution in [2.24, 2.45) is 0 Å². The van der Waals surface area contributed by atoms with Gasteiger partial charge >= 0.3 is 0 Å². The second-order valence-electron chi connectivity index (χ2n) is 5.94. The van der Waals surface area contributed by atoms with Gasteiger partial charge in [0, 0.05) is 15.8 Å². The first-order chi connectivity index (χ1) is 9.27. The standard InChI is InChI=1S/C16H18BrClOS/c1-16(2,3)11-6-4-10(5-7-11)8-13(19)14-9-12(17)15(18)20-14/h4-7,9,13,19H,8H2,1-3H3. The Morgan fingerprint density at radius 1 is 1.25 bits per heavy atom. The van der Waals surface area contributed by atoms with Crippen molar-refractivity contribution in [1.82, 2.24) is 0 Å². The van der Waals surface area contributed by atoms with Gasteiger partial charge in [-0.2, -0.15) is 0 Å². The van der Waals surface area contributed by atoms with Crippen LogP contribution in [0, 0.1) is 0 Å². The third-order valence-electron chi connectivity index (χ3n) is 3.24. The van der Waals surface area contributed by atoms with Crippen molar-refractivity contribution in [2.75, 3.05) is 0 Å². The second kappa shape index (κ2) is 6.18. The number of aliphatic hydroxyl groups excluding tert-OH is 1. The SMILES string of the molecule is CC(C)(C)c1ccc(CC(O)c2cc(Br)c(Cl)s2)cc1. The lowest BCUT2D eigenvalue weighted by molar-refractivity contribution is 0.182. The molecule has 0 aliphatic rings. The number of aliphatic hydroxyl groups is 1. The van der Waals surface area contributed by atoms with Gasteiger partial charge in [-0.1, -0.05) is 56.6 Å². The summed E-state index contributed by atoms with van der Waals surface area (Å²) in [6, 6.07) is 10.3. The molecule has 0 aliphatic carbocycles. The van der Waals surface area contributed by atoms with Crippen LogP contribution in [0.3, 0.4) is 0 Å². The Labute approximate surface area is 137 Å². The van der Waals surface area contributed by atoms with E-state index in [4.69, 9.17) is 11.6 Å². The third-order valence-corrected chi connectivity index (χ3v) is 5.82. The Morgan fingerprint density at radius 3 is 2.30 bits per heavy atom. The predicted molar refractivity (Wildman–Crippen MR) is 90.8 cm³/mol. The van der Waals surface area contributed by atoms with Gasteiger partial charge in [-0.25, -0.2) is 0 Å². The average molecular weight is 374 g/mol. The van der Waals surface area contributed by atoms with Gasteiger partial charge in [0.2, 0.25) is 0 Å².